The van der Waals surface area contributed by atoms with E-state index in [0.717, 1.165) is 22.8 Å². The largest absolute Gasteiger partial charge is 0.375 e. The van der Waals surface area contributed by atoms with Crippen molar-refractivity contribution in [1.82, 2.24) is 15.1 Å². The van der Waals surface area contributed by atoms with Gasteiger partial charge in [-0.2, -0.15) is 4.98 Å². The first-order valence-electron chi connectivity index (χ1n) is 6.87. The van der Waals surface area contributed by atoms with Gasteiger partial charge in [0.1, 0.15) is 4.88 Å². The second-order valence-electron chi connectivity index (χ2n) is 4.97. The molecule has 0 spiro atoms. The fraction of sp³-hybridized carbons (Fsp3) is 0.615. The van der Waals surface area contributed by atoms with Gasteiger partial charge < -0.3 is 10.3 Å². The molecule has 5 nitrogen and oxygen atoms in total. The molecular formula is C13H18N4OS. The van der Waals surface area contributed by atoms with E-state index in [9.17, 15) is 0 Å². The fourth-order valence-corrected chi connectivity index (χ4v) is 3.47. The molecule has 0 saturated heterocycles. The lowest BCUT2D eigenvalue weighted by molar-refractivity contribution is 0.385. The van der Waals surface area contributed by atoms with Gasteiger partial charge in [-0.25, -0.2) is 4.98 Å². The number of rotatable bonds is 3. The number of aromatic nitrogens is 3. The molecule has 102 valence electrons. The first-order chi connectivity index (χ1) is 9.28. The first-order valence-corrected chi connectivity index (χ1v) is 7.68. The van der Waals surface area contributed by atoms with E-state index >= 15 is 0 Å². The molecule has 0 amide bonds. The Kier molecular flexibility index (Phi) is 3.50. The second kappa shape index (κ2) is 5.28. The van der Waals surface area contributed by atoms with Gasteiger partial charge in [0.25, 0.3) is 5.89 Å². The topological polar surface area (TPSA) is 77.8 Å². The van der Waals surface area contributed by atoms with Crippen LogP contribution in [0.25, 0.3) is 10.8 Å². The van der Waals surface area contributed by atoms with Crippen molar-refractivity contribution in [1.29, 1.82) is 0 Å². The maximum Gasteiger partial charge on any atom is 0.270 e. The van der Waals surface area contributed by atoms with Crippen LogP contribution in [-0.2, 0) is 6.42 Å². The Hall–Kier alpha value is -1.43. The summed E-state index contributed by atoms with van der Waals surface area (Å²) in [7, 11) is 0. The number of anilines is 1. The van der Waals surface area contributed by atoms with Crippen LogP contribution in [0.15, 0.2) is 4.52 Å². The zero-order valence-corrected chi connectivity index (χ0v) is 11.9. The van der Waals surface area contributed by atoms with Gasteiger partial charge in [-0.1, -0.05) is 42.7 Å². The molecule has 2 aromatic rings. The molecule has 0 aromatic carbocycles. The number of nitrogen functional groups attached to an aromatic ring is 1. The van der Waals surface area contributed by atoms with Crippen molar-refractivity contribution in [3.8, 4) is 10.8 Å². The minimum Gasteiger partial charge on any atom is -0.375 e. The van der Waals surface area contributed by atoms with Crippen molar-refractivity contribution in [3.05, 3.63) is 11.5 Å². The first kappa shape index (κ1) is 12.6. The molecule has 1 aliphatic rings. The summed E-state index contributed by atoms with van der Waals surface area (Å²) >= 11 is 1.42. The predicted octanol–water partition coefficient (Wildman–Crippen LogP) is 3.39. The van der Waals surface area contributed by atoms with Crippen LogP contribution in [-0.4, -0.2) is 15.1 Å². The summed E-state index contributed by atoms with van der Waals surface area (Å²) in [5, 5.41) is 4.71. The van der Waals surface area contributed by atoms with Crippen LogP contribution in [0.5, 0.6) is 0 Å². The van der Waals surface area contributed by atoms with Gasteiger partial charge in [-0.3, -0.25) is 0 Å². The Balaban J connectivity index is 1.87. The lowest BCUT2D eigenvalue weighted by Crippen LogP contribution is -2.06. The zero-order chi connectivity index (χ0) is 13.2. The number of thiazole rings is 1. The van der Waals surface area contributed by atoms with E-state index in [1.165, 1.54) is 43.4 Å². The molecule has 0 atom stereocenters. The number of nitrogens with zero attached hydrogens (tertiary/aromatic N) is 3. The quantitative estimate of drug-likeness (QED) is 0.931. The summed E-state index contributed by atoms with van der Waals surface area (Å²) in [5.41, 5.74) is 6.71. The lowest BCUT2D eigenvalue weighted by atomic mass is 9.89. The van der Waals surface area contributed by atoms with Gasteiger partial charge in [-0.05, 0) is 19.3 Å². The summed E-state index contributed by atoms with van der Waals surface area (Å²) in [6.07, 6.45) is 7.02. The van der Waals surface area contributed by atoms with Crippen LogP contribution < -0.4 is 5.73 Å². The number of hydrogen-bond donors (Lipinski definition) is 1. The van der Waals surface area contributed by atoms with Crippen LogP contribution in [0.3, 0.4) is 0 Å². The molecule has 2 heterocycles. The highest BCUT2D eigenvalue weighted by atomic mass is 32.1. The Morgan fingerprint density at radius 1 is 1.26 bits per heavy atom. The smallest absolute Gasteiger partial charge is 0.270 e. The van der Waals surface area contributed by atoms with Crippen LogP contribution in [0.2, 0.25) is 0 Å². The molecule has 0 aliphatic heterocycles. The zero-order valence-electron chi connectivity index (χ0n) is 11.1. The molecule has 1 saturated carbocycles. The fourth-order valence-electron chi connectivity index (χ4n) is 2.63. The van der Waals surface area contributed by atoms with Crippen molar-refractivity contribution >= 4 is 16.5 Å². The highest BCUT2D eigenvalue weighted by molar-refractivity contribution is 7.18. The van der Waals surface area contributed by atoms with E-state index in [-0.39, 0.29) is 0 Å². The van der Waals surface area contributed by atoms with Gasteiger partial charge >= 0.3 is 0 Å². The van der Waals surface area contributed by atoms with Crippen molar-refractivity contribution in [2.24, 2.45) is 0 Å². The van der Waals surface area contributed by atoms with E-state index in [0.29, 0.717) is 16.9 Å². The lowest BCUT2D eigenvalue weighted by Gasteiger charge is -2.17. The van der Waals surface area contributed by atoms with E-state index in [2.05, 4.69) is 22.0 Å². The van der Waals surface area contributed by atoms with Gasteiger partial charge in [-0.15, -0.1) is 0 Å². The van der Waals surface area contributed by atoms with Gasteiger partial charge in [0.05, 0.1) is 5.69 Å². The summed E-state index contributed by atoms with van der Waals surface area (Å²) in [5.74, 6) is 1.89. The van der Waals surface area contributed by atoms with Crippen molar-refractivity contribution in [2.45, 2.75) is 51.4 Å². The van der Waals surface area contributed by atoms with E-state index in [4.69, 9.17) is 10.3 Å². The molecule has 0 bridgehead atoms. The standard InChI is InChI=1S/C13H18N4OS/c1-2-9-10(19-13(14)15-9)12-16-11(17-18-12)8-6-4-3-5-7-8/h8H,2-7H2,1H3,(H2,14,15). The average molecular weight is 278 g/mol. The molecule has 2 N–H and O–H groups in total. The molecule has 0 radical (unpaired) electrons. The number of aryl methyl sites for hydroxylation is 1. The van der Waals surface area contributed by atoms with Gasteiger partial charge in [0, 0.05) is 5.92 Å². The third-order valence-electron chi connectivity index (χ3n) is 3.66. The van der Waals surface area contributed by atoms with E-state index < -0.39 is 0 Å². The average Bonchev–Trinajstić information content (AvgIpc) is 3.05. The Morgan fingerprint density at radius 3 is 2.79 bits per heavy atom. The van der Waals surface area contributed by atoms with Crippen molar-refractivity contribution in [2.75, 3.05) is 5.73 Å². The maximum absolute atomic E-state index is 5.76. The number of nitrogens with two attached hydrogens (primary N) is 1. The minimum absolute atomic E-state index is 0.460. The Bertz CT molecular complexity index is 557. The minimum atomic E-state index is 0.460. The molecule has 6 heteroatoms. The molecule has 1 aliphatic carbocycles. The SMILES string of the molecule is CCc1nc(N)sc1-c1nc(C2CCCCC2)no1. The van der Waals surface area contributed by atoms with Crippen LogP contribution >= 0.6 is 11.3 Å². The van der Waals surface area contributed by atoms with Crippen molar-refractivity contribution in [3.63, 3.8) is 0 Å². The molecule has 3 rings (SSSR count). The third-order valence-corrected chi connectivity index (χ3v) is 4.57. The van der Waals surface area contributed by atoms with Gasteiger partial charge in [0.15, 0.2) is 11.0 Å². The molecular weight excluding hydrogens is 260 g/mol. The summed E-state index contributed by atoms with van der Waals surface area (Å²) in [6, 6.07) is 0. The van der Waals surface area contributed by atoms with Gasteiger partial charge in [0.2, 0.25) is 0 Å². The van der Waals surface area contributed by atoms with Crippen LogP contribution in [0.1, 0.15) is 56.5 Å². The summed E-state index contributed by atoms with van der Waals surface area (Å²) < 4.78 is 5.41. The number of hydrogen-bond acceptors (Lipinski definition) is 6. The normalized spacial score (nSPS) is 16.9. The van der Waals surface area contributed by atoms with Crippen molar-refractivity contribution < 1.29 is 4.52 Å². The Morgan fingerprint density at radius 2 is 2.05 bits per heavy atom. The highest BCUT2D eigenvalue weighted by Crippen LogP contribution is 2.34. The van der Waals surface area contributed by atoms with E-state index in [1.54, 1.807) is 0 Å². The molecule has 1 fully saturated rings. The monoisotopic (exact) mass is 278 g/mol. The molecule has 2 aromatic heterocycles. The maximum atomic E-state index is 5.76. The second-order valence-corrected chi connectivity index (χ2v) is 6.00. The third kappa shape index (κ3) is 2.49. The summed E-state index contributed by atoms with van der Waals surface area (Å²) in [6.45, 7) is 2.05. The van der Waals surface area contributed by atoms with Crippen LogP contribution in [0, 0.1) is 0 Å². The molecule has 0 unspecified atom stereocenters. The van der Waals surface area contributed by atoms with E-state index in [1.807, 2.05) is 0 Å². The molecule has 19 heavy (non-hydrogen) atoms. The summed E-state index contributed by atoms with van der Waals surface area (Å²) in [4.78, 5) is 9.78. The Labute approximate surface area is 116 Å². The predicted molar refractivity (Wildman–Crippen MR) is 75.0 cm³/mol. The highest BCUT2D eigenvalue weighted by Gasteiger charge is 2.23. The van der Waals surface area contributed by atoms with Crippen LogP contribution in [0.4, 0.5) is 5.13 Å².